The van der Waals surface area contributed by atoms with E-state index >= 15 is 0 Å². The van der Waals surface area contributed by atoms with Crippen LogP contribution in [0.1, 0.15) is 36.1 Å². The minimum absolute atomic E-state index is 0.223. The van der Waals surface area contributed by atoms with Crippen LogP contribution < -0.4 is 15.5 Å². The van der Waals surface area contributed by atoms with Crippen LogP contribution in [0.5, 0.6) is 0 Å². The molecule has 0 bridgehead atoms. The maximum absolute atomic E-state index is 11.8. The number of carbonyl (C=O) groups excluding carboxylic acids is 1. The molecule has 1 amide bonds. The Labute approximate surface area is 159 Å². The maximum Gasteiger partial charge on any atom is 0.227 e. The minimum Gasteiger partial charge on any atom is -0.356 e. The van der Waals surface area contributed by atoms with Crippen molar-refractivity contribution in [3.8, 4) is 0 Å². The number of amides is 1. The van der Waals surface area contributed by atoms with Gasteiger partial charge in [0.05, 0.1) is 0 Å². The lowest BCUT2D eigenvalue weighted by atomic mass is 10.1. The normalized spacial score (nSPS) is 16.0. The van der Waals surface area contributed by atoms with Crippen molar-refractivity contribution in [3.63, 3.8) is 0 Å². The molecule has 0 spiro atoms. The van der Waals surface area contributed by atoms with Gasteiger partial charge in [0.1, 0.15) is 0 Å². The number of anilines is 1. The highest BCUT2D eigenvalue weighted by atomic mass is 32.1. The third-order valence-electron chi connectivity index (χ3n) is 4.61. The van der Waals surface area contributed by atoms with Crippen molar-refractivity contribution in [2.75, 3.05) is 25.0 Å². The number of benzene rings is 1. The van der Waals surface area contributed by atoms with Crippen LogP contribution in [0.3, 0.4) is 0 Å². The second kappa shape index (κ2) is 8.85. The molecule has 1 fully saturated rings. The molecule has 2 N–H and O–H groups in total. The Morgan fingerprint density at radius 1 is 1.27 bits per heavy atom. The van der Waals surface area contributed by atoms with Crippen LogP contribution in [-0.4, -0.2) is 32.0 Å². The van der Waals surface area contributed by atoms with E-state index in [2.05, 4.69) is 52.2 Å². The van der Waals surface area contributed by atoms with Crippen molar-refractivity contribution in [2.24, 2.45) is 4.99 Å². The van der Waals surface area contributed by atoms with E-state index in [4.69, 9.17) is 0 Å². The van der Waals surface area contributed by atoms with Gasteiger partial charge in [-0.1, -0.05) is 25.1 Å². The molecule has 26 heavy (non-hydrogen) atoms. The summed E-state index contributed by atoms with van der Waals surface area (Å²) in [7, 11) is 1.78. The smallest absolute Gasteiger partial charge is 0.227 e. The largest absolute Gasteiger partial charge is 0.356 e. The lowest BCUT2D eigenvalue weighted by Gasteiger charge is -2.17. The SMILES string of the molecule is CN=C(NCc1ccc(N2CCCC2=O)cc1)NCC(C)c1cccs1. The van der Waals surface area contributed by atoms with Crippen LogP contribution in [0, 0.1) is 0 Å². The third-order valence-corrected chi connectivity index (χ3v) is 5.71. The number of hydrogen-bond acceptors (Lipinski definition) is 3. The first-order chi connectivity index (χ1) is 12.7. The standard InChI is InChI=1S/C20H26N4OS/c1-15(18-5-4-12-26-18)13-22-20(21-2)23-14-16-7-9-17(10-8-16)24-11-3-6-19(24)25/h4-5,7-10,12,15H,3,6,11,13-14H2,1-2H3,(H2,21,22,23). The first kappa shape index (κ1) is 18.5. The van der Waals surface area contributed by atoms with Gasteiger partial charge in [-0.25, -0.2) is 0 Å². The number of nitrogens with zero attached hydrogens (tertiary/aromatic N) is 2. The summed E-state index contributed by atoms with van der Waals surface area (Å²) in [5.74, 6) is 1.47. The molecular formula is C20H26N4OS. The quantitative estimate of drug-likeness (QED) is 0.606. The van der Waals surface area contributed by atoms with E-state index in [9.17, 15) is 4.79 Å². The van der Waals surface area contributed by atoms with Gasteiger partial charge in [0.25, 0.3) is 0 Å². The fourth-order valence-corrected chi connectivity index (χ4v) is 3.83. The number of rotatable bonds is 6. The molecule has 1 unspecified atom stereocenters. The molecule has 0 radical (unpaired) electrons. The molecule has 6 heteroatoms. The Morgan fingerprint density at radius 3 is 2.69 bits per heavy atom. The van der Waals surface area contributed by atoms with Crippen LogP contribution in [-0.2, 0) is 11.3 Å². The molecule has 1 aliphatic rings. The third kappa shape index (κ3) is 4.64. The van der Waals surface area contributed by atoms with E-state index in [0.29, 0.717) is 18.9 Å². The summed E-state index contributed by atoms with van der Waals surface area (Å²) in [5.41, 5.74) is 2.15. The van der Waals surface area contributed by atoms with Gasteiger partial charge in [-0.05, 0) is 35.6 Å². The van der Waals surface area contributed by atoms with Gasteiger partial charge in [0.15, 0.2) is 5.96 Å². The monoisotopic (exact) mass is 370 g/mol. The van der Waals surface area contributed by atoms with E-state index in [1.807, 2.05) is 17.0 Å². The molecule has 3 rings (SSSR count). The zero-order chi connectivity index (χ0) is 18.4. The molecule has 1 aromatic heterocycles. The number of hydrogen-bond donors (Lipinski definition) is 2. The highest BCUT2D eigenvalue weighted by Gasteiger charge is 2.21. The fourth-order valence-electron chi connectivity index (χ4n) is 3.04. The van der Waals surface area contributed by atoms with Crippen LogP contribution >= 0.6 is 11.3 Å². The van der Waals surface area contributed by atoms with Crippen LogP contribution in [0.25, 0.3) is 0 Å². The number of aliphatic imine (C=N–C) groups is 1. The molecule has 2 aromatic rings. The second-order valence-corrected chi connectivity index (χ2v) is 7.52. The number of thiophene rings is 1. The van der Waals surface area contributed by atoms with Gasteiger partial charge in [-0.2, -0.15) is 0 Å². The lowest BCUT2D eigenvalue weighted by Crippen LogP contribution is -2.38. The van der Waals surface area contributed by atoms with Crippen LogP contribution in [0.15, 0.2) is 46.8 Å². The summed E-state index contributed by atoms with van der Waals surface area (Å²) in [6.07, 6.45) is 1.61. The van der Waals surface area contributed by atoms with Gasteiger partial charge < -0.3 is 15.5 Å². The summed E-state index contributed by atoms with van der Waals surface area (Å²) in [6.45, 7) is 4.58. The van der Waals surface area contributed by atoms with Gasteiger partial charge in [0.2, 0.25) is 5.91 Å². The molecule has 2 heterocycles. The molecular weight excluding hydrogens is 344 g/mol. The number of guanidine groups is 1. The summed E-state index contributed by atoms with van der Waals surface area (Å²) in [4.78, 5) is 19.3. The fraction of sp³-hybridized carbons (Fsp3) is 0.400. The molecule has 138 valence electrons. The average molecular weight is 371 g/mol. The topological polar surface area (TPSA) is 56.7 Å². The summed E-state index contributed by atoms with van der Waals surface area (Å²) < 4.78 is 0. The minimum atomic E-state index is 0.223. The maximum atomic E-state index is 11.8. The van der Waals surface area contributed by atoms with Gasteiger partial charge in [-0.15, -0.1) is 11.3 Å². The van der Waals surface area contributed by atoms with E-state index in [1.165, 1.54) is 4.88 Å². The Hall–Kier alpha value is -2.34. The van der Waals surface area contributed by atoms with Gasteiger partial charge in [0, 0.05) is 49.6 Å². The molecule has 1 aliphatic heterocycles. The van der Waals surface area contributed by atoms with E-state index in [0.717, 1.165) is 36.7 Å². The molecule has 0 aliphatic carbocycles. The zero-order valence-corrected chi connectivity index (χ0v) is 16.2. The predicted molar refractivity (Wildman–Crippen MR) is 109 cm³/mol. The van der Waals surface area contributed by atoms with Crippen molar-refractivity contribution >= 4 is 28.9 Å². The molecule has 1 aromatic carbocycles. The Bertz CT molecular complexity index is 740. The molecule has 1 saturated heterocycles. The predicted octanol–water partition coefficient (Wildman–Crippen LogP) is 3.34. The summed E-state index contributed by atoms with van der Waals surface area (Å²) in [6, 6.07) is 12.4. The first-order valence-electron chi connectivity index (χ1n) is 9.04. The molecule has 5 nitrogen and oxygen atoms in total. The van der Waals surface area contributed by atoms with Gasteiger partial charge >= 0.3 is 0 Å². The number of nitrogens with one attached hydrogen (secondary N) is 2. The van der Waals surface area contributed by atoms with Crippen LogP contribution in [0.2, 0.25) is 0 Å². The van der Waals surface area contributed by atoms with Crippen molar-refractivity contribution in [2.45, 2.75) is 32.2 Å². The van der Waals surface area contributed by atoms with Crippen molar-refractivity contribution < 1.29 is 4.79 Å². The Morgan fingerprint density at radius 2 is 2.08 bits per heavy atom. The highest BCUT2D eigenvalue weighted by molar-refractivity contribution is 7.10. The van der Waals surface area contributed by atoms with Crippen molar-refractivity contribution in [3.05, 3.63) is 52.2 Å². The van der Waals surface area contributed by atoms with E-state index in [-0.39, 0.29) is 5.91 Å². The molecule has 0 saturated carbocycles. The summed E-state index contributed by atoms with van der Waals surface area (Å²) in [5, 5.41) is 8.84. The Balaban J connectivity index is 1.48. The van der Waals surface area contributed by atoms with E-state index in [1.54, 1.807) is 18.4 Å². The van der Waals surface area contributed by atoms with Crippen molar-refractivity contribution in [1.29, 1.82) is 0 Å². The lowest BCUT2D eigenvalue weighted by molar-refractivity contribution is -0.117. The molecule has 1 atom stereocenters. The summed E-state index contributed by atoms with van der Waals surface area (Å²) >= 11 is 1.78. The first-order valence-corrected chi connectivity index (χ1v) is 9.92. The van der Waals surface area contributed by atoms with Crippen molar-refractivity contribution in [1.82, 2.24) is 10.6 Å². The highest BCUT2D eigenvalue weighted by Crippen LogP contribution is 2.21. The zero-order valence-electron chi connectivity index (χ0n) is 15.4. The Kier molecular flexibility index (Phi) is 6.28. The van der Waals surface area contributed by atoms with Gasteiger partial charge in [-0.3, -0.25) is 9.79 Å². The second-order valence-electron chi connectivity index (χ2n) is 6.54. The van der Waals surface area contributed by atoms with Crippen LogP contribution in [0.4, 0.5) is 5.69 Å². The number of carbonyl (C=O) groups is 1. The van der Waals surface area contributed by atoms with E-state index < -0.39 is 0 Å². The average Bonchev–Trinajstić information content (AvgIpc) is 3.34.